The number of nitriles is 1. The van der Waals surface area contributed by atoms with Crippen molar-refractivity contribution in [2.75, 3.05) is 11.9 Å². The Morgan fingerprint density at radius 1 is 1.28 bits per heavy atom. The van der Waals surface area contributed by atoms with Crippen LogP contribution in [0.2, 0.25) is 0 Å². The van der Waals surface area contributed by atoms with E-state index in [1.165, 1.54) is 31.2 Å². The van der Waals surface area contributed by atoms with Crippen molar-refractivity contribution in [3.63, 3.8) is 0 Å². The fourth-order valence-electron chi connectivity index (χ4n) is 2.19. The number of esters is 1. The van der Waals surface area contributed by atoms with Crippen LogP contribution in [-0.2, 0) is 10.9 Å². The molecular formula is C17H12BrF3N2O2. The van der Waals surface area contributed by atoms with E-state index in [0.29, 0.717) is 4.47 Å². The minimum atomic E-state index is -4.48. The minimum absolute atomic E-state index is 0.00857. The second kappa shape index (κ2) is 7.57. The molecule has 25 heavy (non-hydrogen) atoms. The van der Waals surface area contributed by atoms with Crippen LogP contribution in [0.5, 0.6) is 0 Å². The van der Waals surface area contributed by atoms with E-state index in [2.05, 4.69) is 21.2 Å². The highest BCUT2D eigenvalue weighted by Crippen LogP contribution is 2.36. The predicted octanol–water partition coefficient (Wildman–Crippen LogP) is 5.20. The van der Waals surface area contributed by atoms with Gasteiger partial charge in [0.2, 0.25) is 0 Å². The van der Waals surface area contributed by atoms with Crippen LogP contribution in [0.25, 0.3) is 0 Å². The smallest absolute Gasteiger partial charge is 0.416 e. The molecule has 0 saturated heterocycles. The fraction of sp³-hybridized carbons (Fsp3) is 0.176. The van der Waals surface area contributed by atoms with Gasteiger partial charge in [0, 0.05) is 10.2 Å². The van der Waals surface area contributed by atoms with E-state index < -0.39 is 24.3 Å². The van der Waals surface area contributed by atoms with Crippen molar-refractivity contribution in [2.24, 2.45) is 0 Å². The van der Waals surface area contributed by atoms with Crippen LogP contribution in [0.3, 0.4) is 0 Å². The number of nitrogens with one attached hydrogen (secondary N) is 1. The summed E-state index contributed by atoms with van der Waals surface area (Å²) in [7, 11) is 0. The third-order valence-corrected chi connectivity index (χ3v) is 3.87. The van der Waals surface area contributed by atoms with Gasteiger partial charge in [-0.05, 0) is 42.8 Å². The van der Waals surface area contributed by atoms with E-state index in [4.69, 9.17) is 10.00 Å². The molecule has 0 saturated carbocycles. The molecule has 0 spiro atoms. The molecule has 0 amide bonds. The molecule has 130 valence electrons. The Kier molecular flexibility index (Phi) is 5.69. The molecule has 0 heterocycles. The van der Waals surface area contributed by atoms with Gasteiger partial charge in [0.25, 0.3) is 0 Å². The first-order chi connectivity index (χ1) is 11.7. The van der Waals surface area contributed by atoms with E-state index in [9.17, 15) is 18.0 Å². The average Bonchev–Trinajstić information content (AvgIpc) is 2.54. The molecule has 2 aromatic carbocycles. The maximum absolute atomic E-state index is 13.0. The first-order valence-electron chi connectivity index (χ1n) is 7.01. The van der Waals surface area contributed by atoms with Gasteiger partial charge in [0.05, 0.1) is 16.8 Å². The van der Waals surface area contributed by atoms with Crippen LogP contribution in [0.1, 0.15) is 21.5 Å². The van der Waals surface area contributed by atoms with Crippen LogP contribution < -0.4 is 5.32 Å². The highest BCUT2D eigenvalue weighted by atomic mass is 79.9. The van der Waals surface area contributed by atoms with Gasteiger partial charge < -0.3 is 10.1 Å². The van der Waals surface area contributed by atoms with E-state index in [-0.39, 0.29) is 22.5 Å². The minimum Gasteiger partial charge on any atom is -0.447 e. The van der Waals surface area contributed by atoms with Gasteiger partial charge in [0.1, 0.15) is 6.07 Å². The molecule has 2 aromatic rings. The number of rotatable bonds is 4. The predicted molar refractivity (Wildman–Crippen MR) is 89.5 cm³/mol. The molecule has 0 unspecified atom stereocenters. The lowest BCUT2D eigenvalue weighted by Crippen LogP contribution is -2.11. The van der Waals surface area contributed by atoms with E-state index in [1.54, 1.807) is 12.1 Å². The molecule has 0 aromatic heterocycles. The summed E-state index contributed by atoms with van der Waals surface area (Å²) in [6.45, 7) is 0.922. The number of carbonyl (C=O) groups is 1. The van der Waals surface area contributed by atoms with Gasteiger partial charge in [0.15, 0.2) is 6.61 Å². The number of benzene rings is 2. The summed E-state index contributed by atoms with van der Waals surface area (Å²) in [4.78, 5) is 12.1. The van der Waals surface area contributed by atoms with Gasteiger partial charge >= 0.3 is 12.1 Å². The van der Waals surface area contributed by atoms with Crippen molar-refractivity contribution in [3.8, 4) is 6.07 Å². The zero-order valence-electron chi connectivity index (χ0n) is 12.9. The van der Waals surface area contributed by atoms with Gasteiger partial charge in [-0.2, -0.15) is 18.4 Å². The summed E-state index contributed by atoms with van der Waals surface area (Å²) >= 11 is 3.22. The number of hydrogen-bond acceptors (Lipinski definition) is 4. The summed E-state index contributed by atoms with van der Waals surface area (Å²) in [6, 6.07) is 10.1. The molecule has 0 atom stereocenters. The number of nitrogens with zero attached hydrogens (tertiary/aromatic N) is 1. The Morgan fingerprint density at radius 3 is 2.64 bits per heavy atom. The second-order valence-electron chi connectivity index (χ2n) is 5.03. The van der Waals surface area contributed by atoms with E-state index in [0.717, 1.165) is 6.07 Å². The number of carbonyl (C=O) groups excluding carboxylic acids is 1. The number of ether oxygens (including phenoxy) is 1. The molecule has 0 aliphatic carbocycles. The molecule has 1 N–H and O–H groups in total. The molecule has 2 rings (SSSR count). The van der Waals surface area contributed by atoms with Crippen LogP contribution in [0.4, 0.5) is 24.5 Å². The quantitative estimate of drug-likeness (QED) is 0.700. The summed E-state index contributed by atoms with van der Waals surface area (Å²) in [5, 5.41) is 11.3. The molecule has 4 nitrogen and oxygen atoms in total. The van der Waals surface area contributed by atoms with Gasteiger partial charge in [-0.15, -0.1) is 0 Å². The lowest BCUT2D eigenvalue weighted by Gasteiger charge is -2.17. The molecule has 0 aliphatic heterocycles. The molecule has 8 heteroatoms. The van der Waals surface area contributed by atoms with Crippen molar-refractivity contribution in [1.82, 2.24) is 0 Å². The molecular weight excluding hydrogens is 401 g/mol. The van der Waals surface area contributed by atoms with Crippen LogP contribution in [-0.4, -0.2) is 12.6 Å². The summed E-state index contributed by atoms with van der Waals surface area (Å²) < 4.78 is 44.4. The average molecular weight is 413 g/mol. The molecule has 0 aliphatic rings. The number of alkyl halides is 3. The zero-order valence-corrected chi connectivity index (χ0v) is 14.5. The van der Waals surface area contributed by atoms with Crippen molar-refractivity contribution in [3.05, 3.63) is 57.6 Å². The third kappa shape index (κ3) is 4.51. The molecule has 0 fully saturated rings. The Morgan fingerprint density at radius 2 is 2.00 bits per heavy atom. The van der Waals surface area contributed by atoms with E-state index >= 15 is 0 Å². The Bertz CT molecular complexity index is 845. The number of halogens is 4. The largest absolute Gasteiger partial charge is 0.447 e. The highest BCUT2D eigenvalue weighted by Gasteiger charge is 2.33. The third-order valence-electron chi connectivity index (χ3n) is 3.38. The molecule has 0 bridgehead atoms. The topological polar surface area (TPSA) is 62.1 Å². The maximum Gasteiger partial charge on any atom is 0.416 e. The normalized spacial score (nSPS) is 10.9. The van der Waals surface area contributed by atoms with Crippen LogP contribution >= 0.6 is 15.9 Å². The van der Waals surface area contributed by atoms with Crippen LogP contribution in [0, 0.1) is 18.3 Å². The standard InChI is InChI=1S/C17H12BrF3N2O2/c1-10-13(17(19,20)21)3-2-4-14(10)23-15-6-5-11(18)9-12(15)16(24)25-8-7-22/h2-6,9,23H,8H2,1H3. The Hall–Kier alpha value is -2.53. The highest BCUT2D eigenvalue weighted by molar-refractivity contribution is 9.10. The SMILES string of the molecule is Cc1c(Nc2ccc(Br)cc2C(=O)OCC#N)cccc1C(F)(F)F. The zero-order chi connectivity index (χ0) is 18.6. The Balaban J connectivity index is 2.42. The fourth-order valence-corrected chi connectivity index (χ4v) is 2.55. The van der Waals surface area contributed by atoms with Crippen molar-refractivity contribution < 1.29 is 22.7 Å². The Labute approximate surface area is 150 Å². The summed E-state index contributed by atoms with van der Waals surface area (Å²) in [6.07, 6.45) is -4.48. The van der Waals surface area contributed by atoms with Crippen LogP contribution in [0.15, 0.2) is 40.9 Å². The monoisotopic (exact) mass is 412 g/mol. The summed E-state index contributed by atoms with van der Waals surface area (Å²) in [5.41, 5.74) is -0.168. The van der Waals surface area contributed by atoms with Crippen molar-refractivity contribution >= 4 is 33.3 Å². The lowest BCUT2D eigenvalue weighted by atomic mass is 10.1. The number of hydrogen-bond donors (Lipinski definition) is 1. The first kappa shape index (κ1) is 18.8. The van der Waals surface area contributed by atoms with Crippen molar-refractivity contribution in [1.29, 1.82) is 5.26 Å². The second-order valence-corrected chi connectivity index (χ2v) is 5.94. The van der Waals surface area contributed by atoms with Gasteiger partial charge in [-0.3, -0.25) is 0 Å². The number of anilines is 2. The molecule has 0 radical (unpaired) electrons. The summed E-state index contributed by atoms with van der Waals surface area (Å²) in [5.74, 6) is -0.755. The lowest BCUT2D eigenvalue weighted by molar-refractivity contribution is -0.138. The maximum atomic E-state index is 13.0. The van der Waals surface area contributed by atoms with E-state index in [1.807, 2.05) is 0 Å². The van der Waals surface area contributed by atoms with Crippen molar-refractivity contribution in [2.45, 2.75) is 13.1 Å². The first-order valence-corrected chi connectivity index (χ1v) is 7.81. The van der Waals surface area contributed by atoms with Gasteiger partial charge in [-0.25, -0.2) is 4.79 Å². The van der Waals surface area contributed by atoms with Gasteiger partial charge in [-0.1, -0.05) is 22.0 Å².